The van der Waals surface area contributed by atoms with Crippen LogP contribution in [0.5, 0.6) is 0 Å². The highest BCUT2D eigenvalue weighted by Crippen LogP contribution is 2.53. The van der Waals surface area contributed by atoms with Gasteiger partial charge in [-0.25, -0.2) is 9.97 Å². The van der Waals surface area contributed by atoms with Gasteiger partial charge in [-0.05, 0) is 90.7 Å². The van der Waals surface area contributed by atoms with Crippen LogP contribution < -0.4 is 0 Å². The molecule has 0 atom stereocenters. The van der Waals surface area contributed by atoms with Crippen molar-refractivity contribution in [2.24, 2.45) is 0 Å². The monoisotopic (exact) mass is 666 g/mol. The van der Waals surface area contributed by atoms with Crippen molar-refractivity contribution in [1.29, 1.82) is 0 Å². The van der Waals surface area contributed by atoms with Gasteiger partial charge >= 0.3 is 0 Å². The molecular weight excluding hydrogens is 629 g/mol. The van der Waals surface area contributed by atoms with Gasteiger partial charge in [-0.1, -0.05) is 161 Å². The van der Waals surface area contributed by atoms with Crippen LogP contribution in [0.2, 0.25) is 0 Å². The Labute approximate surface area is 305 Å². The third-order valence-corrected chi connectivity index (χ3v) is 11.7. The van der Waals surface area contributed by atoms with Crippen molar-refractivity contribution in [3.8, 4) is 67.3 Å². The van der Waals surface area contributed by atoms with Gasteiger partial charge < -0.3 is 0 Å². The molecule has 0 aliphatic heterocycles. The molecule has 7 aromatic carbocycles. The zero-order valence-corrected chi connectivity index (χ0v) is 29.9. The van der Waals surface area contributed by atoms with Gasteiger partial charge in [0.25, 0.3) is 0 Å². The van der Waals surface area contributed by atoms with Crippen LogP contribution in [-0.2, 0) is 10.8 Å². The first-order valence-electron chi connectivity index (χ1n) is 18.2. The lowest BCUT2D eigenvalue weighted by molar-refractivity contribution is 0.660. The Morgan fingerprint density at radius 1 is 0.346 bits per heavy atom. The maximum Gasteiger partial charge on any atom is 0.160 e. The average Bonchev–Trinajstić information content (AvgIpc) is 3.56. The summed E-state index contributed by atoms with van der Waals surface area (Å²) in [5.74, 6) is 0.727. The molecule has 8 aromatic rings. The highest BCUT2D eigenvalue weighted by Gasteiger charge is 2.38. The normalized spacial score (nSPS) is 14.5. The SMILES string of the molecule is CC1(C)c2ccccc2-c2cc(-c3ccc(-c4cc(-c5cccc6c5-c5cc7ccccc7cc5C6(C)C)nc(-c5ccccc5)n4)cc3)ccc21. The second kappa shape index (κ2) is 11.2. The van der Waals surface area contributed by atoms with E-state index < -0.39 is 0 Å². The molecule has 2 nitrogen and oxygen atoms in total. The second-order valence-corrected chi connectivity index (χ2v) is 15.4. The first-order valence-corrected chi connectivity index (χ1v) is 18.2. The first-order chi connectivity index (χ1) is 25.3. The van der Waals surface area contributed by atoms with E-state index >= 15 is 0 Å². The van der Waals surface area contributed by atoms with E-state index in [-0.39, 0.29) is 10.8 Å². The fraction of sp³-hybridized carbons (Fsp3) is 0.120. The van der Waals surface area contributed by atoms with Gasteiger partial charge in [-0.15, -0.1) is 0 Å². The van der Waals surface area contributed by atoms with Crippen molar-refractivity contribution < 1.29 is 0 Å². The zero-order chi connectivity index (χ0) is 35.2. The molecule has 1 aromatic heterocycles. The van der Waals surface area contributed by atoms with Crippen LogP contribution in [0.25, 0.3) is 78.1 Å². The Morgan fingerprint density at radius 3 is 1.75 bits per heavy atom. The smallest absolute Gasteiger partial charge is 0.160 e. The lowest BCUT2D eigenvalue weighted by atomic mass is 9.81. The predicted octanol–water partition coefficient (Wildman–Crippen LogP) is 12.9. The molecule has 0 radical (unpaired) electrons. The van der Waals surface area contributed by atoms with Crippen LogP contribution in [0.15, 0.2) is 158 Å². The number of fused-ring (bicyclic) bond motifs is 7. The minimum atomic E-state index is -0.131. The summed E-state index contributed by atoms with van der Waals surface area (Å²) in [6.45, 7) is 9.35. The lowest BCUT2D eigenvalue weighted by Gasteiger charge is -2.22. The van der Waals surface area contributed by atoms with Gasteiger partial charge in [0.2, 0.25) is 0 Å². The summed E-state index contributed by atoms with van der Waals surface area (Å²) in [6, 6.07) is 57.4. The number of rotatable bonds is 4. The van der Waals surface area contributed by atoms with Gasteiger partial charge in [0, 0.05) is 27.5 Å². The Kier molecular flexibility index (Phi) is 6.60. The molecule has 0 saturated heterocycles. The molecule has 0 saturated carbocycles. The Hall–Kier alpha value is -6.12. The largest absolute Gasteiger partial charge is 0.228 e. The van der Waals surface area contributed by atoms with Crippen molar-refractivity contribution in [3.63, 3.8) is 0 Å². The van der Waals surface area contributed by atoms with E-state index in [4.69, 9.17) is 9.97 Å². The van der Waals surface area contributed by atoms with Crippen molar-refractivity contribution >= 4 is 10.8 Å². The summed E-state index contributed by atoms with van der Waals surface area (Å²) in [4.78, 5) is 10.5. The van der Waals surface area contributed by atoms with E-state index in [0.717, 1.165) is 33.9 Å². The molecule has 0 unspecified atom stereocenters. The van der Waals surface area contributed by atoms with Gasteiger partial charge in [-0.2, -0.15) is 0 Å². The molecule has 10 rings (SSSR count). The third-order valence-electron chi connectivity index (χ3n) is 11.7. The summed E-state index contributed by atoms with van der Waals surface area (Å²) in [7, 11) is 0. The number of aromatic nitrogens is 2. The number of hydrogen-bond acceptors (Lipinski definition) is 2. The average molecular weight is 667 g/mol. The van der Waals surface area contributed by atoms with Crippen molar-refractivity contribution in [2.45, 2.75) is 38.5 Å². The molecule has 1 heterocycles. The third kappa shape index (κ3) is 4.57. The minimum Gasteiger partial charge on any atom is -0.228 e. The van der Waals surface area contributed by atoms with Crippen LogP contribution in [0.1, 0.15) is 49.9 Å². The molecule has 0 fully saturated rings. The van der Waals surface area contributed by atoms with E-state index in [9.17, 15) is 0 Å². The molecule has 0 spiro atoms. The quantitative estimate of drug-likeness (QED) is 0.187. The molecule has 248 valence electrons. The zero-order valence-electron chi connectivity index (χ0n) is 29.9. The summed E-state index contributed by atoms with van der Waals surface area (Å²) in [5.41, 5.74) is 18.1. The fourth-order valence-corrected chi connectivity index (χ4v) is 8.87. The Morgan fingerprint density at radius 2 is 0.942 bits per heavy atom. The fourth-order valence-electron chi connectivity index (χ4n) is 8.87. The van der Waals surface area contributed by atoms with Crippen LogP contribution >= 0.6 is 0 Å². The maximum absolute atomic E-state index is 5.28. The minimum absolute atomic E-state index is 0.0000119. The standard InChI is InChI=1S/C50H38N2/c1-49(2)41-19-11-10-17-37(41)39-27-36(25-26-42(39)49)31-21-23-32(24-22-31)45-30-46(52-48(51-45)33-13-6-5-7-14-33)38-18-12-20-43-47(38)40-28-34-15-8-9-16-35(34)29-44(40)50(43,3)4/h5-30H,1-4H3. The topological polar surface area (TPSA) is 25.8 Å². The molecule has 52 heavy (non-hydrogen) atoms. The number of benzene rings is 7. The summed E-state index contributed by atoms with van der Waals surface area (Å²) >= 11 is 0. The van der Waals surface area contributed by atoms with E-state index in [1.165, 1.54) is 66.4 Å². The molecular formula is C50H38N2. The summed E-state index contributed by atoms with van der Waals surface area (Å²) in [6.07, 6.45) is 0. The maximum atomic E-state index is 5.28. The van der Waals surface area contributed by atoms with Gasteiger partial charge in [0.1, 0.15) is 0 Å². The van der Waals surface area contributed by atoms with Gasteiger partial charge in [0.15, 0.2) is 5.82 Å². The van der Waals surface area contributed by atoms with E-state index in [1.807, 2.05) is 6.07 Å². The number of nitrogens with zero attached hydrogens (tertiary/aromatic N) is 2. The second-order valence-electron chi connectivity index (χ2n) is 15.4. The van der Waals surface area contributed by atoms with Crippen LogP contribution in [-0.4, -0.2) is 9.97 Å². The van der Waals surface area contributed by atoms with Crippen molar-refractivity contribution in [2.75, 3.05) is 0 Å². The van der Waals surface area contributed by atoms with Crippen molar-refractivity contribution in [1.82, 2.24) is 9.97 Å². The predicted molar refractivity (Wildman–Crippen MR) is 216 cm³/mol. The highest BCUT2D eigenvalue weighted by atomic mass is 14.9. The first kappa shape index (κ1) is 30.7. The van der Waals surface area contributed by atoms with E-state index in [2.05, 4.69) is 179 Å². The van der Waals surface area contributed by atoms with Gasteiger partial charge in [-0.3, -0.25) is 0 Å². The summed E-state index contributed by atoms with van der Waals surface area (Å²) in [5, 5.41) is 2.53. The van der Waals surface area contributed by atoms with Crippen molar-refractivity contribution in [3.05, 3.63) is 180 Å². The lowest BCUT2D eigenvalue weighted by Crippen LogP contribution is -2.14. The van der Waals surface area contributed by atoms with Crippen LogP contribution in [0.4, 0.5) is 0 Å². The summed E-state index contributed by atoms with van der Waals surface area (Å²) < 4.78 is 0. The molecule has 0 bridgehead atoms. The number of hydrogen-bond donors (Lipinski definition) is 0. The molecule has 2 aliphatic rings. The molecule has 2 heteroatoms. The van der Waals surface area contributed by atoms with E-state index in [0.29, 0.717) is 0 Å². The van der Waals surface area contributed by atoms with Crippen LogP contribution in [0.3, 0.4) is 0 Å². The van der Waals surface area contributed by atoms with Gasteiger partial charge in [0.05, 0.1) is 11.4 Å². The van der Waals surface area contributed by atoms with Crippen LogP contribution in [0, 0.1) is 0 Å². The molecule has 0 N–H and O–H groups in total. The highest BCUT2D eigenvalue weighted by molar-refractivity contribution is 5.98. The van der Waals surface area contributed by atoms with E-state index in [1.54, 1.807) is 0 Å². The molecule has 0 amide bonds. The Bertz CT molecular complexity index is 2720. The Balaban J connectivity index is 1.10. The molecule has 2 aliphatic carbocycles.